The number of rotatable bonds is 9. The average Bonchev–Trinajstić information content (AvgIpc) is 3.74. The standard InChI is InChI=1S/C31H32FN7O4/c32-22-14-26(31(42)36-24-7-4-8-27(24)43-18-19-5-2-1-3-6-19)38(16-22)28(40)17-39-25-10-9-20(21-11-12-34-35-15-21)13-23(25)29(37-39)30(33)41/h1-3,5-6,9-13,15,22,24,26-27H,4,7-8,14,16-18H2,(H2,33,41)(H,36,42). The van der Waals surface area contributed by atoms with Gasteiger partial charge in [-0.25, -0.2) is 4.39 Å². The summed E-state index contributed by atoms with van der Waals surface area (Å²) in [6, 6.07) is 15.7. The van der Waals surface area contributed by atoms with Gasteiger partial charge in [-0.2, -0.15) is 15.3 Å². The minimum absolute atomic E-state index is 0.00789. The molecule has 12 heteroatoms. The first kappa shape index (κ1) is 28.4. The van der Waals surface area contributed by atoms with Crippen LogP contribution in [0.25, 0.3) is 22.0 Å². The molecule has 4 atom stereocenters. The highest BCUT2D eigenvalue weighted by molar-refractivity contribution is 6.05. The monoisotopic (exact) mass is 585 g/mol. The number of nitrogens with zero attached hydrogens (tertiary/aromatic N) is 5. The maximum Gasteiger partial charge on any atom is 0.269 e. The van der Waals surface area contributed by atoms with Crippen LogP contribution in [0.1, 0.15) is 41.7 Å². The molecular weight excluding hydrogens is 553 g/mol. The number of hydrogen-bond acceptors (Lipinski definition) is 7. The van der Waals surface area contributed by atoms with Crippen molar-refractivity contribution in [1.29, 1.82) is 0 Å². The van der Waals surface area contributed by atoms with Crippen LogP contribution in [0.2, 0.25) is 0 Å². The molecule has 3 amide bonds. The molecule has 2 aliphatic rings. The van der Waals surface area contributed by atoms with Crippen molar-refractivity contribution in [1.82, 2.24) is 30.2 Å². The van der Waals surface area contributed by atoms with E-state index in [4.69, 9.17) is 10.5 Å². The molecule has 1 aliphatic carbocycles. The number of primary amides is 1. The van der Waals surface area contributed by atoms with E-state index >= 15 is 0 Å². The zero-order chi connectivity index (χ0) is 29.9. The first-order chi connectivity index (χ1) is 20.9. The van der Waals surface area contributed by atoms with Crippen molar-refractivity contribution in [3.05, 3.63) is 78.2 Å². The van der Waals surface area contributed by atoms with E-state index in [-0.39, 0.29) is 37.4 Å². The summed E-state index contributed by atoms with van der Waals surface area (Å²) in [7, 11) is 0. The predicted molar refractivity (Wildman–Crippen MR) is 155 cm³/mol. The number of carbonyl (C=O) groups is 3. The molecular formula is C31H32FN7O4. The van der Waals surface area contributed by atoms with Crippen LogP contribution < -0.4 is 11.1 Å². The lowest BCUT2D eigenvalue weighted by atomic mass is 10.0. The zero-order valence-corrected chi connectivity index (χ0v) is 23.4. The maximum atomic E-state index is 14.7. The van der Waals surface area contributed by atoms with Crippen LogP contribution in [0.5, 0.6) is 0 Å². The molecule has 2 aromatic carbocycles. The van der Waals surface area contributed by atoms with E-state index in [2.05, 4.69) is 20.6 Å². The van der Waals surface area contributed by atoms with Gasteiger partial charge in [0.1, 0.15) is 18.8 Å². The number of benzene rings is 2. The van der Waals surface area contributed by atoms with Gasteiger partial charge in [0.15, 0.2) is 5.69 Å². The molecule has 4 unspecified atom stereocenters. The smallest absolute Gasteiger partial charge is 0.269 e. The van der Waals surface area contributed by atoms with Gasteiger partial charge in [-0.3, -0.25) is 19.1 Å². The Hall–Kier alpha value is -4.71. The second kappa shape index (κ2) is 12.3. The first-order valence-corrected chi connectivity index (χ1v) is 14.3. The second-order valence-electron chi connectivity index (χ2n) is 11.0. The van der Waals surface area contributed by atoms with Gasteiger partial charge in [0.05, 0.1) is 43.2 Å². The number of carbonyl (C=O) groups excluding carboxylic acids is 3. The van der Waals surface area contributed by atoms with Gasteiger partial charge in [0, 0.05) is 17.4 Å². The summed E-state index contributed by atoms with van der Waals surface area (Å²) in [5.74, 6) is -1.62. The topological polar surface area (TPSA) is 145 Å². The van der Waals surface area contributed by atoms with E-state index in [1.165, 1.54) is 9.58 Å². The van der Waals surface area contributed by atoms with Crippen molar-refractivity contribution in [3.63, 3.8) is 0 Å². The summed E-state index contributed by atoms with van der Waals surface area (Å²) < 4.78 is 22.1. The number of nitrogens with two attached hydrogens (primary N) is 1. The normalized spacial score (nSPS) is 21.7. The molecule has 2 fully saturated rings. The minimum Gasteiger partial charge on any atom is -0.371 e. The van der Waals surface area contributed by atoms with Crippen LogP contribution in [0, 0.1) is 0 Å². The summed E-state index contributed by atoms with van der Waals surface area (Å²) >= 11 is 0. The molecule has 4 aromatic rings. The van der Waals surface area contributed by atoms with Gasteiger partial charge in [-0.1, -0.05) is 36.4 Å². The minimum atomic E-state index is -1.33. The number of amides is 3. The lowest BCUT2D eigenvalue weighted by Crippen LogP contribution is -2.51. The molecule has 1 saturated heterocycles. The molecule has 0 spiro atoms. The third-order valence-electron chi connectivity index (χ3n) is 8.15. The van der Waals surface area contributed by atoms with Gasteiger partial charge in [-0.15, -0.1) is 0 Å². The second-order valence-corrected chi connectivity index (χ2v) is 11.0. The SMILES string of the molecule is NC(=O)c1nn(CC(=O)N2CC(F)CC2C(=O)NC2CCCC2OCc2ccccc2)c2ccc(-c3ccnnc3)cc12. The fraction of sp³-hybridized carbons (Fsp3) is 0.355. The number of aromatic nitrogens is 4. The van der Waals surface area contributed by atoms with Crippen LogP contribution >= 0.6 is 0 Å². The Morgan fingerprint density at radius 2 is 1.88 bits per heavy atom. The van der Waals surface area contributed by atoms with E-state index in [0.29, 0.717) is 17.5 Å². The average molecular weight is 586 g/mol. The van der Waals surface area contributed by atoms with Crippen LogP contribution in [0.3, 0.4) is 0 Å². The number of likely N-dealkylation sites (tertiary alicyclic amines) is 1. The molecule has 3 heterocycles. The van der Waals surface area contributed by atoms with Gasteiger partial charge >= 0.3 is 0 Å². The molecule has 222 valence electrons. The lowest BCUT2D eigenvalue weighted by Gasteiger charge is -2.27. The Bertz CT molecular complexity index is 1630. The van der Waals surface area contributed by atoms with Crippen LogP contribution in [-0.2, 0) is 27.5 Å². The van der Waals surface area contributed by atoms with E-state index < -0.39 is 29.9 Å². The summed E-state index contributed by atoms with van der Waals surface area (Å²) in [5.41, 5.74) is 8.73. The number of ether oxygens (including phenoxy) is 1. The van der Waals surface area contributed by atoms with Crippen molar-refractivity contribution >= 4 is 28.6 Å². The Kier molecular flexibility index (Phi) is 8.10. The first-order valence-electron chi connectivity index (χ1n) is 14.3. The highest BCUT2D eigenvalue weighted by Crippen LogP contribution is 2.28. The number of fused-ring (bicyclic) bond motifs is 1. The molecule has 11 nitrogen and oxygen atoms in total. The Balaban J connectivity index is 1.16. The van der Waals surface area contributed by atoms with Gasteiger partial charge in [-0.05, 0) is 48.6 Å². The van der Waals surface area contributed by atoms with E-state index in [1.807, 2.05) is 36.4 Å². The maximum absolute atomic E-state index is 14.7. The van der Waals surface area contributed by atoms with Crippen LogP contribution in [-0.4, -0.2) is 73.5 Å². The van der Waals surface area contributed by atoms with Gasteiger partial charge in [0.2, 0.25) is 11.8 Å². The Morgan fingerprint density at radius 3 is 2.65 bits per heavy atom. The van der Waals surface area contributed by atoms with Gasteiger partial charge in [0.25, 0.3) is 5.91 Å². The fourth-order valence-corrected chi connectivity index (χ4v) is 6.00. The van der Waals surface area contributed by atoms with E-state index in [9.17, 15) is 18.8 Å². The predicted octanol–water partition coefficient (Wildman–Crippen LogP) is 2.79. The summed E-state index contributed by atoms with van der Waals surface area (Å²) in [6.45, 7) is -0.0518. The summed E-state index contributed by atoms with van der Waals surface area (Å²) in [5, 5.41) is 15.5. The Labute approximate surface area is 247 Å². The third-order valence-corrected chi connectivity index (χ3v) is 8.15. The van der Waals surface area contributed by atoms with Crippen molar-refractivity contribution in [3.8, 4) is 11.1 Å². The molecule has 0 bridgehead atoms. The van der Waals surface area contributed by atoms with E-state index in [1.54, 1.807) is 30.6 Å². The number of alkyl halides is 1. The molecule has 2 aromatic heterocycles. The van der Waals surface area contributed by atoms with Crippen molar-refractivity contribution < 1.29 is 23.5 Å². The van der Waals surface area contributed by atoms with Crippen molar-refractivity contribution in [2.75, 3.05) is 6.54 Å². The molecule has 6 rings (SSSR count). The number of halogens is 1. The molecule has 1 aliphatic heterocycles. The Morgan fingerprint density at radius 1 is 1.05 bits per heavy atom. The number of nitrogens with one attached hydrogen (secondary N) is 1. The highest BCUT2D eigenvalue weighted by atomic mass is 19.1. The fourth-order valence-electron chi connectivity index (χ4n) is 6.00. The van der Waals surface area contributed by atoms with Gasteiger partial charge < -0.3 is 20.7 Å². The van der Waals surface area contributed by atoms with Crippen LogP contribution in [0.15, 0.2) is 67.0 Å². The molecule has 3 N–H and O–H groups in total. The molecule has 0 radical (unpaired) electrons. The molecule has 43 heavy (non-hydrogen) atoms. The molecule has 1 saturated carbocycles. The van der Waals surface area contributed by atoms with E-state index in [0.717, 1.165) is 36.0 Å². The summed E-state index contributed by atoms with van der Waals surface area (Å²) in [6.07, 6.45) is 4.03. The highest BCUT2D eigenvalue weighted by Gasteiger charge is 2.41. The third kappa shape index (κ3) is 6.09. The van der Waals surface area contributed by atoms with Crippen LogP contribution in [0.4, 0.5) is 4.39 Å². The number of hydrogen-bond donors (Lipinski definition) is 2. The van der Waals surface area contributed by atoms with Crippen molar-refractivity contribution in [2.24, 2.45) is 5.73 Å². The largest absolute Gasteiger partial charge is 0.371 e. The van der Waals surface area contributed by atoms with Crippen molar-refractivity contribution in [2.45, 2.75) is 63.2 Å². The zero-order valence-electron chi connectivity index (χ0n) is 23.4. The lowest BCUT2D eigenvalue weighted by molar-refractivity contribution is -0.139. The quantitative estimate of drug-likeness (QED) is 0.307. The summed E-state index contributed by atoms with van der Waals surface area (Å²) in [4.78, 5) is 40.4.